The number of hydrogen-bond donors (Lipinski definition) is 1. The van der Waals surface area contributed by atoms with Crippen molar-refractivity contribution in [3.8, 4) is 5.75 Å². The lowest BCUT2D eigenvalue weighted by Crippen LogP contribution is -2.48. The molecule has 0 aliphatic carbocycles. The van der Waals surface area contributed by atoms with Gasteiger partial charge in [0, 0.05) is 37.4 Å². The average Bonchev–Trinajstić information content (AvgIpc) is 2.88. The summed E-state index contributed by atoms with van der Waals surface area (Å²) in [5.74, 6) is 0.428. The molecule has 2 aromatic carbocycles. The van der Waals surface area contributed by atoms with Crippen LogP contribution in [-0.2, 0) is 6.54 Å². The number of likely N-dealkylation sites (N-methyl/N-ethyl adjacent to an activating group) is 1. The number of amides is 1. The van der Waals surface area contributed by atoms with Crippen molar-refractivity contribution in [3.63, 3.8) is 0 Å². The average molecular weight is 462 g/mol. The predicted octanol–water partition coefficient (Wildman–Crippen LogP) is 3.21. The Morgan fingerprint density at radius 2 is 1.71 bits per heavy atom. The van der Waals surface area contributed by atoms with Crippen LogP contribution in [0.5, 0.6) is 5.75 Å². The quantitative estimate of drug-likeness (QED) is 0.555. The van der Waals surface area contributed by atoms with Gasteiger partial charge in [0.15, 0.2) is 11.4 Å². The molecule has 178 valence electrons. The molecule has 34 heavy (non-hydrogen) atoms. The zero-order valence-corrected chi connectivity index (χ0v) is 19.7. The standard InChI is InChI=1S/C26H31N5O3/c1-3-29-14-16-30(17-15-29)25(32)21-10-12-22(13-11-21)28-24-23(34-4-2)18-27-31(26(24)33)19-20-8-6-5-7-9-20/h5-13,18,28H,3-4,14-17,19H2,1-2H3. The van der Waals surface area contributed by atoms with Crippen molar-refractivity contribution < 1.29 is 9.53 Å². The molecule has 0 bridgehead atoms. The van der Waals surface area contributed by atoms with Crippen LogP contribution in [-0.4, -0.2) is 64.8 Å². The first kappa shape index (κ1) is 23.5. The van der Waals surface area contributed by atoms with E-state index in [9.17, 15) is 9.59 Å². The van der Waals surface area contributed by atoms with Gasteiger partial charge in [-0.25, -0.2) is 4.68 Å². The Labute approximate surface area is 199 Å². The van der Waals surface area contributed by atoms with Gasteiger partial charge in [0.05, 0.1) is 19.3 Å². The van der Waals surface area contributed by atoms with Crippen LogP contribution >= 0.6 is 0 Å². The molecule has 2 heterocycles. The fourth-order valence-electron chi connectivity index (χ4n) is 4.01. The maximum atomic E-state index is 13.2. The van der Waals surface area contributed by atoms with Crippen molar-refractivity contribution in [1.29, 1.82) is 0 Å². The van der Waals surface area contributed by atoms with Gasteiger partial charge in [-0.2, -0.15) is 5.10 Å². The minimum atomic E-state index is -0.274. The number of hydrogen-bond acceptors (Lipinski definition) is 6. The molecule has 1 aromatic heterocycles. The molecule has 1 aliphatic rings. The SMILES string of the molecule is CCOc1cnn(Cc2ccccc2)c(=O)c1Nc1ccc(C(=O)N2CCN(CC)CC2)cc1. The van der Waals surface area contributed by atoms with E-state index in [0.717, 1.165) is 38.3 Å². The summed E-state index contributed by atoms with van der Waals surface area (Å²) in [6.45, 7) is 9.06. The van der Waals surface area contributed by atoms with Crippen molar-refractivity contribution in [1.82, 2.24) is 19.6 Å². The maximum Gasteiger partial charge on any atom is 0.294 e. The number of carbonyl (C=O) groups is 1. The van der Waals surface area contributed by atoms with Crippen LogP contribution in [0.2, 0.25) is 0 Å². The fraction of sp³-hybridized carbons (Fsp3) is 0.346. The van der Waals surface area contributed by atoms with Crippen molar-refractivity contribution >= 4 is 17.3 Å². The summed E-state index contributed by atoms with van der Waals surface area (Å²) in [6, 6.07) is 16.9. The minimum absolute atomic E-state index is 0.0337. The Kier molecular flexibility index (Phi) is 7.59. The Hall–Kier alpha value is -3.65. The number of nitrogens with one attached hydrogen (secondary N) is 1. The third kappa shape index (κ3) is 5.46. The highest BCUT2D eigenvalue weighted by atomic mass is 16.5. The largest absolute Gasteiger partial charge is 0.490 e. The number of ether oxygens (including phenoxy) is 1. The first-order valence-electron chi connectivity index (χ1n) is 11.7. The van der Waals surface area contributed by atoms with Crippen LogP contribution in [0.4, 0.5) is 11.4 Å². The molecule has 1 aliphatic heterocycles. The summed E-state index contributed by atoms with van der Waals surface area (Å²) >= 11 is 0. The number of aromatic nitrogens is 2. The first-order chi connectivity index (χ1) is 16.6. The highest BCUT2D eigenvalue weighted by Gasteiger charge is 2.21. The second-order valence-corrected chi connectivity index (χ2v) is 8.19. The van der Waals surface area contributed by atoms with Crippen molar-refractivity contribution in [3.05, 3.63) is 82.3 Å². The lowest BCUT2D eigenvalue weighted by molar-refractivity contribution is 0.0643. The Balaban J connectivity index is 1.51. The van der Waals surface area contributed by atoms with Gasteiger partial charge in [-0.15, -0.1) is 0 Å². The summed E-state index contributed by atoms with van der Waals surface area (Å²) < 4.78 is 7.06. The van der Waals surface area contributed by atoms with Gasteiger partial charge in [-0.3, -0.25) is 9.59 Å². The van der Waals surface area contributed by atoms with E-state index in [2.05, 4.69) is 22.2 Å². The number of nitrogens with zero attached hydrogens (tertiary/aromatic N) is 4. The summed E-state index contributed by atoms with van der Waals surface area (Å²) in [6.07, 6.45) is 1.56. The molecule has 8 heteroatoms. The lowest BCUT2D eigenvalue weighted by atomic mass is 10.1. The maximum absolute atomic E-state index is 13.2. The molecule has 1 amide bonds. The number of carbonyl (C=O) groups excluding carboxylic acids is 1. The fourth-order valence-corrected chi connectivity index (χ4v) is 4.01. The van der Waals surface area contributed by atoms with Gasteiger partial charge < -0.3 is 19.9 Å². The molecule has 1 N–H and O–H groups in total. The number of rotatable bonds is 8. The Bertz CT molecular complexity index is 1150. The summed E-state index contributed by atoms with van der Waals surface area (Å²) in [4.78, 5) is 30.3. The van der Waals surface area contributed by atoms with E-state index < -0.39 is 0 Å². The van der Waals surface area contributed by atoms with Crippen LogP contribution in [0, 0.1) is 0 Å². The van der Waals surface area contributed by atoms with Crippen molar-refractivity contribution in [2.24, 2.45) is 0 Å². The lowest BCUT2D eigenvalue weighted by Gasteiger charge is -2.34. The number of anilines is 2. The molecule has 1 saturated heterocycles. The third-order valence-electron chi connectivity index (χ3n) is 5.99. The van der Waals surface area contributed by atoms with E-state index in [-0.39, 0.29) is 11.5 Å². The third-order valence-corrected chi connectivity index (χ3v) is 5.99. The predicted molar refractivity (Wildman–Crippen MR) is 133 cm³/mol. The highest BCUT2D eigenvalue weighted by molar-refractivity contribution is 5.94. The monoisotopic (exact) mass is 461 g/mol. The second-order valence-electron chi connectivity index (χ2n) is 8.19. The van der Waals surface area contributed by atoms with E-state index in [1.807, 2.05) is 54.3 Å². The molecule has 0 saturated carbocycles. The van der Waals surface area contributed by atoms with Crippen molar-refractivity contribution in [2.75, 3.05) is 44.6 Å². The van der Waals surface area contributed by atoms with Gasteiger partial charge in [-0.05, 0) is 43.3 Å². The molecule has 0 unspecified atom stereocenters. The molecular weight excluding hydrogens is 430 g/mol. The van der Waals surface area contributed by atoms with Crippen LogP contribution in [0.1, 0.15) is 29.8 Å². The van der Waals surface area contributed by atoms with Gasteiger partial charge in [0.2, 0.25) is 0 Å². The zero-order valence-electron chi connectivity index (χ0n) is 19.7. The van der Waals surface area contributed by atoms with Crippen LogP contribution < -0.4 is 15.6 Å². The molecule has 0 atom stereocenters. The van der Waals surface area contributed by atoms with Crippen molar-refractivity contribution in [2.45, 2.75) is 20.4 Å². The second kappa shape index (κ2) is 11.0. The van der Waals surface area contributed by atoms with Gasteiger partial charge in [-0.1, -0.05) is 37.3 Å². The molecule has 0 spiro atoms. The topological polar surface area (TPSA) is 79.7 Å². The highest BCUT2D eigenvalue weighted by Crippen LogP contribution is 2.24. The van der Waals surface area contributed by atoms with Gasteiger partial charge in [0.1, 0.15) is 0 Å². The van der Waals surface area contributed by atoms with Gasteiger partial charge in [0.25, 0.3) is 11.5 Å². The summed E-state index contributed by atoms with van der Waals surface area (Å²) in [7, 11) is 0. The summed E-state index contributed by atoms with van der Waals surface area (Å²) in [5.41, 5.74) is 2.36. The van der Waals surface area contributed by atoms with Crippen LogP contribution in [0.3, 0.4) is 0 Å². The van der Waals surface area contributed by atoms with E-state index in [0.29, 0.717) is 35.8 Å². The molecule has 8 nitrogen and oxygen atoms in total. The van der Waals surface area contributed by atoms with Crippen LogP contribution in [0.15, 0.2) is 65.6 Å². The molecule has 3 aromatic rings. The Morgan fingerprint density at radius 3 is 2.35 bits per heavy atom. The molecule has 0 radical (unpaired) electrons. The zero-order chi connectivity index (χ0) is 23.9. The molecular formula is C26H31N5O3. The van der Waals surface area contributed by atoms with E-state index in [4.69, 9.17) is 4.74 Å². The first-order valence-corrected chi connectivity index (χ1v) is 11.7. The van der Waals surface area contributed by atoms with Crippen LogP contribution in [0.25, 0.3) is 0 Å². The molecule has 4 rings (SSSR count). The van der Waals surface area contributed by atoms with E-state index in [1.165, 1.54) is 4.68 Å². The van der Waals surface area contributed by atoms with E-state index >= 15 is 0 Å². The smallest absolute Gasteiger partial charge is 0.294 e. The molecule has 1 fully saturated rings. The minimum Gasteiger partial charge on any atom is -0.490 e. The van der Waals surface area contributed by atoms with E-state index in [1.54, 1.807) is 18.3 Å². The normalized spacial score (nSPS) is 14.1. The number of piperazine rings is 1. The Morgan fingerprint density at radius 1 is 1.00 bits per heavy atom. The van der Waals surface area contributed by atoms with Gasteiger partial charge >= 0.3 is 0 Å². The number of benzene rings is 2. The summed E-state index contributed by atoms with van der Waals surface area (Å²) in [5, 5.41) is 7.46.